The first-order valence-corrected chi connectivity index (χ1v) is 9.03. The van der Waals surface area contributed by atoms with Gasteiger partial charge in [0.15, 0.2) is 0 Å². The van der Waals surface area contributed by atoms with Crippen LogP contribution in [0.2, 0.25) is 0 Å². The monoisotopic (exact) mass is 378 g/mol. The van der Waals surface area contributed by atoms with E-state index in [-0.39, 0.29) is 18.4 Å². The Balaban J connectivity index is 1.90. The van der Waals surface area contributed by atoms with Gasteiger partial charge in [-0.25, -0.2) is 0 Å². The molecule has 0 saturated heterocycles. The van der Waals surface area contributed by atoms with Gasteiger partial charge in [0, 0.05) is 18.8 Å². The predicted octanol–water partition coefficient (Wildman–Crippen LogP) is 3.98. The third-order valence-corrected chi connectivity index (χ3v) is 4.17. The SMILES string of the molecule is C=CCOc1ccc(/C=C/C(=O)N(C)CC(=O)Nc2c(C)cccc2C)cc1. The third kappa shape index (κ3) is 6.13. The number of aryl methyl sites for hydroxylation is 2. The highest BCUT2D eigenvalue weighted by molar-refractivity contribution is 5.98. The summed E-state index contributed by atoms with van der Waals surface area (Å²) in [4.78, 5) is 25.9. The molecule has 0 aliphatic carbocycles. The number of nitrogens with one attached hydrogen (secondary N) is 1. The van der Waals surface area contributed by atoms with Crippen molar-refractivity contribution in [2.75, 3.05) is 25.5 Å². The highest BCUT2D eigenvalue weighted by Crippen LogP contribution is 2.19. The average Bonchev–Trinajstić information content (AvgIpc) is 2.68. The lowest BCUT2D eigenvalue weighted by Gasteiger charge is -2.16. The van der Waals surface area contributed by atoms with Gasteiger partial charge in [0.2, 0.25) is 11.8 Å². The van der Waals surface area contributed by atoms with Crippen LogP contribution in [0.25, 0.3) is 6.08 Å². The standard InChI is InChI=1S/C23H26N2O3/c1-5-15-28-20-12-9-19(10-13-20)11-14-22(27)25(4)16-21(26)24-23-17(2)7-6-8-18(23)3/h5-14H,1,15-16H2,2-4H3,(H,24,26)/b14-11+. The number of amides is 2. The first kappa shape index (κ1) is 21.0. The molecule has 0 saturated carbocycles. The van der Waals surface area contributed by atoms with Crippen LogP contribution in [0, 0.1) is 13.8 Å². The van der Waals surface area contributed by atoms with Crippen molar-refractivity contribution >= 4 is 23.6 Å². The molecule has 0 aliphatic rings. The molecular weight excluding hydrogens is 352 g/mol. The summed E-state index contributed by atoms with van der Waals surface area (Å²) in [7, 11) is 1.60. The second-order valence-corrected chi connectivity index (χ2v) is 6.51. The molecule has 0 aliphatic heterocycles. The fourth-order valence-corrected chi connectivity index (χ4v) is 2.61. The number of hydrogen-bond donors (Lipinski definition) is 1. The van der Waals surface area contributed by atoms with Crippen molar-refractivity contribution in [3.8, 4) is 5.75 Å². The minimum Gasteiger partial charge on any atom is -0.490 e. The zero-order chi connectivity index (χ0) is 20.5. The van der Waals surface area contributed by atoms with Crippen LogP contribution in [0.15, 0.2) is 61.2 Å². The molecule has 1 N–H and O–H groups in total. The van der Waals surface area contributed by atoms with Crippen LogP contribution >= 0.6 is 0 Å². The number of benzene rings is 2. The lowest BCUT2D eigenvalue weighted by Crippen LogP contribution is -2.34. The summed E-state index contributed by atoms with van der Waals surface area (Å²) in [6, 6.07) is 13.2. The number of carbonyl (C=O) groups excluding carboxylic acids is 2. The van der Waals surface area contributed by atoms with E-state index in [1.54, 1.807) is 19.2 Å². The van der Waals surface area contributed by atoms with Crippen LogP contribution in [0.3, 0.4) is 0 Å². The van der Waals surface area contributed by atoms with Crippen LogP contribution in [0.5, 0.6) is 5.75 Å². The van der Waals surface area contributed by atoms with Crippen molar-refractivity contribution in [3.63, 3.8) is 0 Å². The van der Waals surface area contributed by atoms with Crippen molar-refractivity contribution in [2.45, 2.75) is 13.8 Å². The van der Waals surface area contributed by atoms with Gasteiger partial charge in [-0.15, -0.1) is 0 Å². The molecule has 2 rings (SSSR count). The minimum atomic E-state index is -0.247. The Hall–Kier alpha value is -3.34. The fraction of sp³-hybridized carbons (Fsp3) is 0.217. The molecule has 0 radical (unpaired) electrons. The van der Waals surface area contributed by atoms with Gasteiger partial charge < -0.3 is 15.0 Å². The number of carbonyl (C=O) groups is 2. The zero-order valence-corrected chi connectivity index (χ0v) is 16.6. The first-order chi connectivity index (χ1) is 13.4. The van der Waals surface area contributed by atoms with Gasteiger partial charge in [-0.3, -0.25) is 9.59 Å². The lowest BCUT2D eigenvalue weighted by molar-refractivity contribution is -0.129. The normalized spacial score (nSPS) is 10.5. The topological polar surface area (TPSA) is 58.6 Å². The number of para-hydroxylation sites is 1. The Bertz CT molecular complexity index is 850. The summed E-state index contributed by atoms with van der Waals surface area (Å²) >= 11 is 0. The van der Waals surface area contributed by atoms with E-state index in [2.05, 4.69) is 11.9 Å². The summed E-state index contributed by atoms with van der Waals surface area (Å²) in [5.41, 5.74) is 3.64. The smallest absolute Gasteiger partial charge is 0.246 e. The average molecular weight is 378 g/mol. The first-order valence-electron chi connectivity index (χ1n) is 9.03. The summed E-state index contributed by atoms with van der Waals surface area (Å²) in [5, 5.41) is 2.88. The molecule has 5 heteroatoms. The largest absolute Gasteiger partial charge is 0.490 e. The van der Waals surface area contributed by atoms with Crippen LogP contribution in [0.4, 0.5) is 5.69 Å². The summed E-state index contributed by atoms with van der Waals surface area (Å²) in [5.74, 6) is 0.262. The molecule has 0 heterocycles. The number of rotatable bonds is 8. The van der Waals surface area contributed by atoms with Crippen LogP contribution in [0.1, 0.15) is 16.7 Å². The van der Waals surface area contributed by atoms with Crippen molar-refractivity contribution in [1.82, 2.24) is 4.90 Å². The van der Waals surface area contributed by atoms with E-state index in [9.17, 15) is 9.59 Å². The molecule has 0 spiro atoms. The van der Waals surface area contributed by atoms with E-state index in [0.29, 0.717) is 6.61 Å². The van der Waals surface area contributed by atoms with E-state index in [4.69, 9.17) is 4.74 Å². The maximum absolute atomic E-state index is 12.3. The van der Waals surface area contributed by atoms with Gasteiger partial charge >= 0.3 is 0 Å². The Morgan fingerprint density at radius 1 is 1.11 bits per heavy atom. The van der Waals surface area contributed by atoms with Crippen LogP contribution < -0.4 is 10.1 Å². The van der Waals surface area contributed by atoms with E-state index in [1.165, 1.54) is 11.0 Å². The zero-order valence-electron chi connectivity index (χ0n) is 16.6. The van der Waals surface area contributed by atoms with Crippen LogP contribution in [-0.2, 0) is 9.59 Å². The van der Waals surface area contributed by atoms with Gasteiger partial charge in [0.1, 0.15) is 12.4 Å². The van der Waals surface area contributed by atoms with Gasteiger partial charge in [-0.1, -0.05) is 43.0 Å². The number of ether oxygens (including phenoxy) is 1. The van der Waals surface area contributed by atoms with Crippen molar-refractivity contribution in [3.05, 3.63) is 77.9 Å². The molecule has 0 aromatic heterocycles. The molecule has 0 fully saturated rings. The Morgan fingerprint density at radius 3 is 2.36 bits per heavy atom. The molecule has 0 unspecified atom stereocenters. The van der Waals surface area contributed by atoms with Gasteiger partial charge in [-0.2, -0.15) is 0 Å². The van der Waals surface area contributed by atoms with Crippen LogP contribution in [-0.4, -0.2) is 36.9 Å². The number of nitrogens with zero attached hydrogens (tertiary/aromatic N) is 1. The number of anilines is 1. The van der Waals surface area contributed by atoms with Crippen molar-refractivity contribution < 1.29 is 14.3 Å². The fourth-order valence-electron chi connectivity index (χ4n) is 2.61. The highest BCUT2D eigenvalue weighted by atomic mass is 16.5. The Morgan fingerprint density at radius 2 is 1.75 bits per heavy atom. The number of likely N-dealkylation sites (N-methyl/N-ethyl adjacent to an activating group) is 1. The summed E-state index contributed by atoms with van der Waals surface area (Å²) in [6.45, 7) is 7.91. The second kappa shape index (κ2) is 10.1. The minimum absolute atomic E-state index is 0.0225. The lowest BCUT2D eigenvalue weighted by atomic mass is 10.1. The highest BCUT2D eigenvalue weighted by Gasteiger charge is 2.12. The molecular formula is C23H26N2O3. The third-order valence-electron chi connectivity index (χ3n) is 4.17. The molecule has 2 aromatic rings. The maximum atomic E-state index is 12.3. The maximum Gasteiger partial charge on any atom is 0.246 e. The van der Waals surface area contributed by atoms with Crippen molar-refractivity contribution in [1.29, 1.82) is 0 Å². The molecule has 5 nitrogen and oxygen atoms in total. The second-order valence-electron chi connectivity index (χ2n) is 6.51. The molecule has 2 amide bonds. The molecule has 0 bridgehead atoms. The van der Waals surface area contributed by atoms with E-state index >= 15 is 0 Å². The Kier molecular flexibility index (Phi) is 7.57. The van der Waals surface area contributed by atoms with Gasteiger partial charge in [0.25, 0.3) is 0 Å². The van der Waals surface area contributed by atoms with E-state index in [1.807, 2.05) is 56.3 Å². The van der Waals surface area contributed by atoms with Crippen molar-refractivity contribution in [2.24, 2.45) is 0 Å². The summed E-state index contributed by atoms with van der Waals surface area (Å²) < 4.78 is 5.42. The van der Waals surface area contributed by atoms with E-state index < -0.39 is 0 Å². The van der Waals surface area contributed by atoms with Gasteiger partial charge in [-0.05, 0) is 48.7 Å². The molecule has 0 atom stereocenters. The molecule has 28 heavy (non-hydrogen) atoms. The quantitative estimate of drug-likeness (QED) is 0.558. The van der Waals surface area contributed by atoms with Gasteiger partial charge in [0.05, 0.1) is 6.54 Å². The predicted molar refractivity (Wildman–Crippen MR) is 113 cm³/mol. The Labute approximate surface area is 166 Å². The summed E-state index contributed by atoms with van der Waals surface area (Å²) in [6.07, 6.45) is 4.84. The number of hydrogen-bond acceptors (Lipinski definition) is 3. The molecule has 2 aromatic carbocycles. The molecule has 146 valence electrons. The van der Waals surface area contributed by atoms with E-state index in [0.717, 1.165) is 28.1 Å².